The molecule has 1 aliphatic rings. The summed E-state index contributed by atoms with van der Waals surface area (Å²) in [6, 6.07) is 6.45. The summed E-state index contributed by atoms with van der Waals surface area (Å²) >= 11 is 11.5. The van der Waals surface area contributed by atoms with Crippen LogP contribution in [0.25, 0.3) is 0 Å². The fourth-order valence-corrected chi connectivity index (χ4v) is 4.25. The molecule has 1 N–H and O–H groups in total. The summed E-state index contributed by atoms with van der Waals surface area (Å²) in [7, 11) is 0. The van der Waals surface area contributed by atoms with E-state index < -0.39 is 0 Å². The zero-order valence-electron chi connectivity index (χ0n) is 10.1. The van der Waals surface area contributed by atoms with Crippen LogP contribution < -0.4 is 5.32 Å². The van der Waals surface area contributed by atoms with E-state index in [1.807, 2.05) is 30.0 Å². The lowest BCUT2D eigenvalue weighted by atomic mass is 9.88. The smallest absolute Gasteiger partial charge is 0.0488 e. The minimum Gasteiger partial charge on any atom is -0.381 e. The van der Waals surface area contributed by atoms with Crippen molar-refractivity contribution in [3.63, 3.8) is 0 Å². The molecule has 0 bridgehead atoms. The SMILES string of the molecule is CC1(C)CSCC(Nc2ccc(Cl)cc2Br)C1. The first-order valence-electron chi connectivity index (χ1n) is 5.76. The molecule has 1 saturated heterocycles. The Morgan fingerprint density at radius 1 is 1.47 bits per heavy atom. The van der Waals surface area contributed by atoms with Crippen LogP contribution in [-0.4, -0.2) is 17.5 Å². The summed E-state index contributed by atoms with van der Waals surface area (Å²) < 4.78 is 1.04. The van der Waals surface area contributed by atoms with Crippen molar-refractivity contribution in [1.82, 2.24) is 0 Å². The van der Waals surface area contributed by atoms with Crippen LogP contribution >= 0.6 is 39.3 Å². The van der Waals surface area contributed by atoms with Gasteiger partial charge in [0.1, 0.15) is 0 Å². The molecule has 94 valence electrons. The molecule has 0 saturated carbocycles. The average molecular weight is 335 g/mol. The van der Waals surface area contributed by atoms with Crippen LogP contribution in [0.2, 0.25) is 5.02 Å². The quantitative estimate of drug-likeness (QED) is 0.812. The van der Waals surface area contributed by atoms with Gasteiger partial charge in [-0.25, -0.2) is 0 Å². The van der Waals surface area contributed by atoms with Gasteiger partial charge in [0, 0.05) is 27.0 Å². The van der Waals surface area contributed by atoms with Gasteiger partial charge in [0.05, 0.1) is 0 Å². The highest BCUT2D eigenvalue weighted by Gasteiger charge is 2.28. The summed E-state index contributed by atoms with van der Waals surface area (Å²) in [5, 5.41) is 4.37. The predicted octanol–water partition coefficient (Wildman–Crippen LogP) is 5.05. The Balaban J connectivity index is 2.05. The van der Waals surface area contributed by atoms with Crippen LogP contribution in [0, 0.1) is 5.41 Å². The summed E-state index contributed by atoms with van der Waals surface area (Å²) in [6.07, 6.45) is 1.22. The Kier molecular flexibility index (Phi) is 4.32. The van der Waals surface area contributed by atoms with Crippen molar-refractivity contribution in [2.45, 2.75) is 26.3 Å². The number of anilines is 1. The first kappa shape index (κ1) is 13.6. The minimum atomic E-state index is 0.430. The fraction of sp³-hybridized carbons (Fsp3) is 0.538. The van der Waals surface area contributed by atoms with Crippen molar-refractivity contribution < 1.29 is 0 Å². The van der Waals surface area contributed by atoms with E-state index in [0.717, 1.165) is 15.2 Å². The van der Waals surface area contributed by atoms with Crippen LogP contribution in [0.1, 0.15) is 20.3 Å². The Morgan fingerprint density at radius 3 is 2.88 bits per heavy atom. The summed E-state index contributed by atoms with van der Waals surface area (Å²) in [5.41, 5.74) is 1.57. The van der Waals surface area contributed by atoms with Crippen molar-refractivity contribution in [1.29, 1.82) is 0 Å². The first-order valence-corrected chi connectivity index (χ1v) is 8.08. The van der Waals surface area contributed by atoms with Gasteiger partial charge in [-0.2, -0.15) is 11.8 Å². The predicted molar refractivity (Wildman–Crippen MR) is 82.3 cm³/mol. The van der Waals surface area contributed by atoms with Crippen LogP contribution in [-0.2, 0) is 0 Å². The molecular weight excluding hydrogens is 318 g/mol. The van der Waals surface area contributed by atoms with Crippen LogP contribution in [0.15, 0.2) is 22.7 Å². The molecule has 0 spiro atoms. The second-order valence-corrected chi connectivity index (χ2v) is 7.67. The van der Waals surface area contributed by atoms with Crippen molar-refractivity contribution in [2.24, 2.45) is 5.41 Å². The molecule has 1 aromatic rings. The van der Waals surface area contributed by atoms with E-state index in [0.29, 0.717) is 11.5 Å². The molecule has 1 aliphatic heterocycles. The largest absolute Gasteiger partial charge is 0.381 e. The molecular formula is C13H17BrClNS. The zero-order chi connectivity index (χ0) is 12.5. The highest BCUT2D eigenvalue weighted by atomic mass is 79.9. The van der Waals surface area contributed by atoms with E-state index in [2.05, 4.69) is 35.1 Å². The molecule has 0 radical (unpaired) electrons. The molecule has 1 atom stereocenters. The second-order valence-electron chi connectivity index (χ2n) is 5.35. The summed E-state index contributed by atoms with van der Waals surface area (Å²) in [5.74, 6) is 2.44. The van der Waals surface area contributed by atoms with Crippen molar-refractivity contribution >= 4 is 45.0 Å². The van der Waals surface area contributed by atoms with E-state index in [1.165, 1.54) is 17.9 Å². The van der Waals surface area contributed by atoms with E-state index >= 15 is 0 Å². The topological polar surface area (TPSA) is 12.0 Å². The van der Waals surface area contributed by atoms with Gasteiger partial charge in [-0.3, -0.25) is 0 Å². The molecule has 0 aliphatic carbocycles. The Morgan fingerprint density at radius 2 is 2.24 bits per heavy atom. The van der Waals surface area contributed by atoms with Crippen molar-refractivity contribution in [3.8, 4) is 0 Å². The van der Waals surface area contributed by atoms with Gasteiger partial charge in [-0.15, -0.1) is 0 Å². The third-order valence-corrected chi connectivity index (χ3v) is 5.42. The first-order chi connectivity index (χ1) is 7.96. The van der Waals surface area contributed by atoms with E-state index in [4.69, 9.17) is 11.6 Å². The monoisotopic (exact) mass is 333 g/mol. The molecule has 4 heteroatoms. The molecule has 2 rings (SSSR count). The van der Waals surface area contributed by atoms with Gasteiger partial charge in [0.25, 0.3) is 0 Å². The number of benzene rings is 1. The molecule has 1 heterocycles. The van der Waals surface area contributed by atoms with Gasteiger partial charge < -0.3 is 5.32 Å². The van der Waals surface area contributed by atoms with Crippen LogP contribution in [0.4, 0.5) is 5.69 Å². The maximum absolute atomic E-state index is 5.94. The molecule has 1 fully saturated rings. The highest BCUT2D eigenvalue weighted by Crippen LogP contribution is 2.36. The van der Waals surface area contributed by atoms with Crippen molar-refractivity contribution in [3.05, 3.63) is 27.7 Å². The Hall–Kier alpha value is 0.140. The van der Waals surface area contributed by atoms with E-state index in [1.54, 1.807) is 0 Å². The lowest BCUT2D eigenvalue weighted by Crippen LogP contribution is -2.35. The number of thioether (sulfide) groups is 1. The third kappa shape index (κ3) is 3.80. The lowest BCUT2D eigenvalue weighted by Gasteiger charge is -2.35. The number of rotatable bonds is 2. The van der Waals surface area contributed by atoms with E-state index in [9.17, 15) is 0 Å². The molecule has 1 unspecified atom stereocenters. The molecule has 17 heavy (non-hydrogen) atoms. The number of nitrogens with one attached hydrogen (secondary N) is 1. The summed E-state index contributed by atoms with van der Waals surface area (Å²) in [4.78, 5) is 0. The normalized spacial score (nSPS) is 23.4. The van der Waals surface area contributed by atoms with Gasteiger partial charge in [0.2, 0.25) is 0 Å². The van der Waals surface area contributed by atoms with Crippen LogP contribution in [0.3, 0.4) is 0 Å². The number of hydrogen-bond acceptors (Lipinski definition) is 2. The lowest BCUT2D eigenvalue weighted by molar-refractivity contribution is 0.358. The van der Waals surface area contributed by atoms with Gasteiger partial charge in [0.15, 0.2) is 0 Å². The fourth-order valence-electron chi connectivity index (χ4n) is 2.18. The highest BCUT2D eigenvalue weighted by molar-refractivity contribution is 9.10. The summed E-state index contributed by atoms with van der Waals surface area (Å²) in [6.45, 7) is 4.68. The Bertz CT molecular complexity index is 408. The van der Waals surface area contributed by atoms with Gasteiger partial charge in [-0.05, 0) is 51.7 Å². The zero-order valence-corrected chi connectivity index (χ0v) is 13.3. The second kappa shape index (κ2) is 5.41. The standard InChI is InChI=1S/C13H17BrClNS/c1-13(2)6-10(7-17-8-13)16-12-4-3-9(15)5-11(12)14/h3-5,10,16H,6-8H2,1-2H3. The van der Waals surface area contributed by atoms with Gasteiger partial charge in [-0.1, -0.05) is 25.4 Å². The number of halogens is 2. The Labute approximate surface area is 121 Å². The average Bonchev–Trinajstić information content (AvgIpc) is 2.21. The molecule has 0 amide bonds. The minimum absolute atomic E-state index is 0.430. The van der Waals surface area contributed by atoms with Crippen LogP contribution in [0.5, 0.6) is 0 Å². The maximum Gasteiger partial charge on any atom is 0.0488 e. The molecule has 1 nitrogen and oxygen atoms in total. The van der Waals surface area contributed by atoms with Crippen molar-refractivity contribution in [2.75, 3.05) is 16.8 Å². The number of hydrogen-bond donors (Lipinski definition) is 1. The van der Waals surface area contributed by atoms with Gasteiger partial charge >= 0.3 is 0 Å². The molecule has 1 aromatic carbocycles. The third-order valence-electron chi connectivity index (χ3n) is 2.90. The maximum atomic E-state index is 5.94. The van der Waals surface area contributed by atoms with E-state index in [-0.39, 0.29) is 0 Å². The molecule has 0 aromatic heterocycles.